The van der Waals surface area contributed by atoms with Crippen molar-refractivity contribution >= 4 is 5.78 Å². The summed E-state index contributed by atoms with van der Waals surface area (Å²) in [5.74, 6) is 0.180. The number of rotatable bonds is 4. The lowest BCUT2D eigenvalue weighted by atomic mass is 10.3. The van der Waals surface area contributed by atoms with Crippen LogP contribution in [0.2, 0.25) is 0 Å². The Morgan fingerprint density at radius 1 is 1.43 bits per heavy atom. The van der Waals surface area contributed by atoms with E-state index in [9.17, 15) is 4.79 Å². The highest BCUT2D eigenvalue weighted by molar-refractivity contribution is 5.97. The highest BCUT2D eigenvalue weighted by Crippen LogP contribution is 2.10. The molecule has 0 aliphatic rings. The summed E-state index contributed by atoms with van der Waals surface area (Å²) in [4.78, 5) is 21.2. The van der Waals surface area contributed by atoms with E-state index in [2.05, 4.69) is 9.97 Å². The van der Waals surface area contributed by atoms with Crippen molar-refractivity contribution in [1.29, 1.82) is 0 Å². The smallest absolute Gasteiger partial charge is 0.243 e. The lowest BCUT2D eigenvalue weighted by molar-refractivity contribution is 0.0948. The summed E-state index contributed by atoms with van der Waals surface area (Å²) in [6, 6.07) is 0. The molecule has 0 amide bonds. The summed E-state index contributed by atoms with van der Waals surface area (Å²) >= 11 is 0. The van der Waals surface area contributed by atoms with Gasteiger partial charge in [-0.3, -0.25) is 4.79 Å². The molecular weight excluding hydrogens is 182 g/mol. The maximum atomic E-state index is 11.6. The van der Waals surface area contributed by atoms with E-state index in [4.69, 9.17) is 4.74 Å². The second kappa shape index (κ2) is 4.66. The van der Waals surface area contributed by atoms with E-state index in [0.29, 0.717) is 6.54 Å². The molecule has 1 aromatic rings. The van der Waals surface area contributed by atoms with Gasteiger partial charge in [0.2, 0.25) is 11.7 Å². The molecule has 0 saturated carbocycles. The van der Waals surface area contributed by atoms with Gasteiger partial charge in [-0.15, -0.1) is 0 Å². The quantitative estimate of drug-likeness (QED) is 0.644. The van der Waals surface area contributed by atoms with Crippen LogP contribution in [0.4, 0.5) is 0 Å². The Bertz CT molecular complexity index is 326. The molecular formula is C9H13N3O2. The molecule has 14 heavy (non-hydrogen) atoms. The molecule has 5 nitrogen and oxygen atoms in total. The van der Waals surface area contributed by atoms with E-state index in [0.717, 1.165) is 0 Å². The molecule has 1 aromatic heterocycles. The van der Waals surface area contributed by atoms with Crippen molar-refractivity contribution in [3.63, 3.8) is 0 Å². The molecule has 0 saturated heterocycles. The first-order valence-electron chi connectivity index (χ1n) is 4.18. The summed E-state index contributed by atoms with van der Waals surface area (Å²) in [6.07, 6.45) is 2.97. The number of ether oxygens (including phenoxy) is 1. The van der Waals surface area contributed by atoms with Crippen molar-refractivity contribution in [2.45, 2.75) is 0 Å². The Morgan fingerprint density at radius 3 is 2.64 bits per heavy atom. The van der Waals surface area contributed by atoms with Crippen molar-refractivity contribution in [2.75, 3.05) is 27.7 Å². The highest BCUT2D eigenvalue weighted by Gasteiger charge is 2.14. The van der Waals surface area contributed by atoms with Crippen LogP contribution in [0.3, 0.4) is 0 Å². The van der Waals surface area contributed by atoms with E-state index in [1.165, 1.54) is 19.5 Å². The number of carbonyl (C=O) groups is 1. The van der Waals surface area contributed by atoms with Gasteiger partial charge in [-0.2, -0.15) is 0 Å². The van der Waals surface area contributed by atoms with Gasteiger partial charge >= 0.3 is 0 Å². The standard InChI is InChI=1S/C9H13N3O2/c1-12(2)6-7(13)8-9(14-3)11-5-4-10-8/h4-5H,6H2,1-3H3. The van der Waals surface area contributed by atoms with Crippen molar-refractivity contribution in [3.05, 3.63) is 18.1 Å². The number of methoxy groups -OCH3 is 1. The Balaban J connectivity index is 2.88. The lowest BCUT2D eigenvalue weighted by Crippen LogP contribution is -2.23. The van der Waals surface area contributed by atoms with Gasteiger partial charge in [-0.05, 0) is 14.1 Å². The first-order valence-corrected chi connectivity index (χ1v) is 4.18. The van der Waals surface area contributed by atoms with E-state index in [-0.39, 0.29) is 17.4 Å². The number of likely N-dealkylation sites (N-methyl/N-ethyl adjacent to an activating group) is 1. The van der Waals surface area contributed by atoms with Crippen molar-refractivity contribution in [3.8, 4) is 5.88 Å². The summed E-state index contributed by atoms with van der Waals surface area (Å²) in [5.41, 5.74) is 0.281. The van der Waals surface area contributed by atoms with Crippen LogP contribution in [0.5, 0.6) is 5.88 Å². The van der Waals surface area contributed by atoms with Crippen LogP contribution >= 0.6 is 0 Å². The van der Waals surface area contributed by atoms with E-state index in [1.54, 1.807) is 4.90 Å². The van der Waals surface area contributed by atoms with Gasteiger partial charge in [0.05, 0.1) is 13.7 Å². The van der Waals surface area contributed by atoms with Crippen LogP contribution in [-0.4, -0.2) is 48.4 Å². The molecule has 5 heteroatoms. The van der Waals surface area contributed by atoms with Crippen LogP contribution in [0.15, 0.2) is 12.4 Å². The van der Waals surface area contributed by atoms with Crippen LogP contribution in [0.1, 0.15) is 10.5 Å². The van der Waals surface area contributed by atoms with Gasteiger partial charge in [0.1, 0.15) is 0 Å². The molecule has 0 radical (unpaired) electrons. The number of ketones is 1. The average Bonchev–Trinajstić information content (AvgIpc) is 2.16. The van der Waals surface area contributed by atoms with Crippen molar-refractivity contribution in [1.82, 2.24) is 14.9 Å². The summed E-state index contributed by atoms with van der Waals surface area (Å²) < 4.78 is 4.94. The fourth-order valence-corrected chi connectivity index (χ4v) is 1.03. The van der Waals surface area contributed by atoms with Gasteiger partial charge in [-0.25, -0.2) is 9.97 Å². The maximum Gasteiger partial charge on any atom is 0.243 e. The first kappa shape index (κ1) is 10.6. The zero-order chi connectivity index (χ0) is 10.6. The molecule has 0 unspecified atom stereocenters. The molecule has 1 heterocycles. The molecule has 0 aromatic carbocycles. The molecule has 0 aliphatic carbocycles. The van der Waals surface area contributed by atoms with Gasteiger partial charge in [-0.1, -0.05) is 0 Å². The Hall–Kier alpha value is -1.49. The number of carbonyl (C=O) groups excluding carboxylic acids is 1. The fraction of sp³-hybridized carbons (Fsp3) is 0.444. The van der Waals surface area contributed by atoms with E-state index < -0.39 is 0 Å². The largest absolute Gasteiger partial charge is 0.479 e. The van der Waals surface area contributed by atoms with Crippen LogP contribution in [0.25, 0.3) is 0 Å². The number of hydrogen-bond acceptors (Lipinski definition) is 5. The van der Waals surface area contributed by atoms with Crippen molar-refractivity contribution < 1.29 is 9.53 Å². The summed E-state index contributed by atoms with van der Waals surface area (Å²) in [7, 11) is 5.11. The monoisotopic (exact) mass is 195 g/mol. The zero-order valence-electron chi connectivity index (χ0n) is 8.52. The van der Waals surface area contributed by atoms with Gasteiger partial charge < -0.3 is 9.64 Å². The second-order valence-corrected chi connectivity index (χ2v) is 3.08. The highest BCUT2D eigenvalue weighted by atomic mass is 16.5. The zero-order valence-corrected chi connectivity index (χ0v) is 8.52. The fourth-order valence-electron chi connectivity index (χ4n) is 1.03. The molecule has 76 valence electrons. The van der Waals surface area contributed by atoms with Gasteiger partial charge in [0, 0.05) is 12.4 Å². The Morgan fingerprint density at radius 2 is 2.07 bits per heavy atom. The number of Topliss-reactive ketones (excluding diaryl/α,β-unsaturated/α-hetero) is 1. The molecule has 0 spiro atoms. The number of nitrogens with zero attached hydrogens (tertiary/aromatic N) is 3. The topological polar surface area (TPSA) is 55.3 Å². The predicted octanol–water partition coefficient (Wildman–Crippen LogP) is 0.229. The normalized spacial score (nSPS) is 10.3. The Kier molecular flexibility index (Phi) is 3.53. The summed E-state index contributed by atoms with van der Waals surface area (Å²) in [5, 5.41) is 0. The molecule has 0 aliphatic heterocycles. The molecule has 1 rings (SSSR count). The Labute approximate surface area is 82.7 Å². The van der Waals surface area contributed by atoms with Gasteiger partial charge in [0.15, 0.2) is 5.69 Å². The maximum absolute atomic E-state index is 11.6. The van der Waals surface area contributed by atoms with E-state index >= 15 is 0 Å². The molecule has 0 N–H and O–H groups in total. The third-order valence-electron chi connectivity index (χ3n) is 1.58. The van der Waals surface area contributed by atoms with Crippen molar-refractivity contribution in [2.24, 2.45) is 0 Å². The third kappa shape index (κ3) is 2.50. The molecule has 0 bridgehead atoms. The molecule has 0 fully saturated rings. The SMILES string of the molecule is COc1nccnc1C(=O)CN(C)C. The first-order chi connectivity index (χ1) is 6.65. The number of hydrogen-bond donors (Lipinski definition) is 0. The predicted molar refractivity (Wildman–Crippen MR) is 51.5 cm³/mol. The summed E-state index contributed by atoms with van der Waals surface area (Å²) in [6.45, 7) is 0.301. The van der Waals surface area contributed by atoms with Crippen LogP contribution in [-0.2, 0) is 0 Å². The average molecular weight is 195 g/mol. The van der Waals surface area contributed by atoms with Gasteiger partial charge in [0.25, 0.3) is 0 Å². The molecule has 0 atom stereocenters. The lowest BCUT2D eigenvalue weighted by Gasteiger charge is -2.09. The number of aromatic nitrogens is 2. The second-order valence-electron chi connectivity index (χ2n) is 3.08. The third-order valence-corrected chi connectivity index (χ3v) is 1.58. The minimum Gasteiger partial charge on any atom is -0.479 e. The van der Waals surface area contributed by atoms with Crippen LogP contribution < -0.4 is 4.74 Å². The minimum atomic E-state index is -0.0973. The van der Waals surface area contributed by atoms with Crippen LogP contribution in [0, 0.1) is 0 Å². The van der Waals surface area contributed by atoms with E-state index in [1.807, 2.05) is 14.1 Å². The minimum absolute atomic E-state index is 0.0973.